The summed E-state index contributed by atoms with van der Waals surface area (Å²) in [5.74, 6) is -0.735. The maximum atomic E-state index is 12.3. The smallest absolute Gasteiger partial charge is 0.310 e. The highest BCUT2D eigenvalue weighted by atomic mass is 32.1. The Hall–Kier alpha value is -3.25. The number of ketones is 1. The minimum Gasteiger partial charge on any atom is -0.457 e. The SMILES string of the molecule is CC(=O)NCCc1ccc(C(=O)COC(=O)Cc2ccc(-c3ccccc3)cc2)s1. The van der Waals surface area contributed by atoms with E-state index < -0.39 is 5.97 Å². The summed E-state index contributed by atoms with van der Waals surface area (Å²) in [4.78, 5) is 36.8. The van der Waals surface area contributed by atoms with E-state index in [0.29, 0.717) is 17.8 Å². The zero-order valence-corrected chi connectivity index (χ0v) is 17.5. The number of hydrogen-bond donors (Lipinski definition) is 1. The third-order valence-electron chi connectivity index (χ3n) is 4.46. The van der Waals surface area contributed by atoms with Crippen molar-refractivity contribution in [3.8, 4) is 11.1 Å². The van der Waals surface area contributed by atoms with Gasteiger partial charge in [-0.3, -0.25) is 14.4 Å². The number of ether oxygens (including phenoxy) is 1. The lowest BCUT2D eigenvalue weighted by molar-refractivity contribution is -0.141. The van der Waals surface area contributed by atoms with Gasteiger partial charge < -0.3 is 10.1 Å². The van der Waals surface area contributed by atoms with Gasteiger partial charge in [-0.15, -0.1) is 11.3 Å². The molecule has 30 heavy (non-hydrogen) atoms. The fourth-order valence-corrected chi connectivity index (χ4v) is 3.84. The van der Waals surface area contributed by atoms with Gasteiger partial charge in [0.1, 0.15) is 0 Å². The van der Waals surface area contributed by atoms with E-state index in [2.05, 4.69) is 5.32 Å². The third kappa shape index (κ3) is 6.39. The molecular formula is C24H23NO4S. The Morgan fingerprint density at radius 3 is 2.30 bits per heavy atom. The van der Waals surface area contributed by atoms with E-state index in [9.17, 15) is 14.4 Å². The molecule has 1 amide bonds. The molecule has 0 saturated heterocycles. The summed E-state index contributed by atoms with van der Waals surface area (Å²) in [7, 11) is 0. The molecule has 0 unspecified atom stereocenters. The lowest BCUT2D eigenvalue weighted by atomic mass is 10.0. The quantitative estimate of drug-likeness (QED) is 0.418. The van der Waals surface area contributed by atoms with Crippen molar-refractivity contribution in [3.05, 3.63) is 82.0 Å². The molecule has 1 heterocycles. The van der Waals surface area contributed by atoms with Crippen molar-refractivity contribution in [3.63, 3.8) is 0 Å². The second-order valence-corrected chi connectivity index (χ2v) is 7.99. The fourth-order valence-electron chi connectivity index (χ4n) is 2.90. The molecule has 3 aromatic rings. The lowest BCUT2D eigenvalue weighted by Gasteiger charge is -2.05. The summed E-state index contributed by atoms with van der Waals surface area (Å²) in [5.41, 5.74) is 3.03. The molecule has 0 saturated carbocycles. The molecule has 0 aliphatic rings. The molecule has 0 aliphatic heterocycles. The highest BCUT2D eigenvalue weighted by molar-refractivity contribution is 7.14. The first kappa shape index (κ1) is 21.5. The van der Waals surface area contributed by atoms with Crippen molar-refractivity contribution in [1.82, 2.24) is 5.32 Å². The number of thiophene rings is 1. The van der Waals surface area contributed by atoms with Crippen molar-refractivity contribution < 1.29 is 19.1 Å². The van der Waals surface area contributed by atoms with Crippen LogP contribution in [0.2, 0.25) is 0 Å². The highest BCUT2D eigenvalue weighted by Gasteiger charge is 2.13. The number of carbonyl (C=O) groups excluding carboxylic acids is 3. The molecule has 3 rings (SSSR count). The van der Waals surface area contributed by atoms with E-state index >= 15 is 0 Å². The van der Waals surface area contributed by atoms with Crippen molar-refractivity contribution in [2.45, 2.75) is 19.8 Å². The van der Waals surface area contributed by atoms with Crippen molar-refractivity contribution in [2.75, 3.05) is 13.2 Å². The first-order chi connectivity index (χ1) is 14.5. The molecule has 0 bridgehead atoms. The number of nitrogens with one attached hydrogen (secondary N) is 1. The van der Waals surface area contributed by atoms with Crippen LogP contribution >= 0.6 is 11.3 Å². The van der Waals surface area contributed by atoms with Gasteiger partial charge in [-0.1, -0.05) is 54.6 Å². The summed E-state index contributed by atoms with van der Waals surface area (Å²) in [6.45, 7) is 1.73. The standard InChI is InChI=1S/C24H23NO4S/c1-17(26)25-14-13-21-11-12-23(30-21)22(27)16-29-24(28)15-18-7-9-20(10-8-18)19-5-3-2-4-6-19/h2-12H,13-16H2,1H3,(H,25,26). The van der Waals surface area contributed by atoms with Gasteiger partial charge in [0.25, 0.3) is 0 Å². The van der Waals surface area contributed by atoms with Gasteiger partial charge >= 0.3 is 5.97 Å². The molecule has 6 heteroatoms. The van der Waals surface area contributed by atoms with Crippen LogP contribution in [0.25, 0.3) is 11.1 Å². The number of Topliss-reactive ketones (excluding diaryl/α,β-unsaturated/α-hetero) is 1. The van der Waals surface area contributed by atoms with Gasteiger partial charge in [0, 0.05) is 18.3 Å². The summed E-state index contributed by atoms with van der Waals surface area (Å²) in [6, 6.07) is 21.3. The van der Waals surface area contributed by atoms with E-state index in [-0.39, 0.29) is 24.7 Å². The Kier molecular flexibility index (Phi) is 7.51. The molecular weight excluding hydrogens is 398 g/mol. The molecule has 154 valence electrons. The Morgan fingerprint density at radius 1 is 0.900 bits per heavy atom. The number of esters is 1. The van der Waals surface area contributed by atoms with Crippen LogP contribution in [0.5, 0.6) is 0 Å². The molecule has 5 nitrogen and oxygen atoms in total. The van der Waals surface area contributed by atoms with E-state index in [1.54, 1.807) is 6.07 Å². The Balaban J connectivity index is 1.46. The van der Waals surface area contributed by atoms with Crippen molar-refractivity contribution in [2.24, 2.45) is 0 Å². The molecule has 0 spiro atoms. The molecule has 1 N–H and O–H groups in total. The topological polar surface area (TPSA) is 72.5 Å². The van der Waals surface area contributed by atoms with Crippen molar-refractivity contribution >= 4 is 29.0 Å². The predicted octanol–water partition coefficient (Wildman–Crippen LogP) is 4.06. The van der Waals surface area contributed by atoms with Crippen LogP contribution in [-0.2, 0) is 27.2 Å². The molecule has 0 atom stereocenters. The zero-order chi connectivity index (χ0) is 21.3. The second-order valence-electron chi connectivity index (χ2n) is 6.82. The molecule has 1 aromatic heterocycles. The number of amides is 1. The summed E-state index contributed by atoms with van der Waals surface area (Å²) < 4.78 is 5.16. The average molecular weight is 422 g/mol. The number of hydrogen-bond acceptors (Lipinski definition) is 5. The zero-order valence-electron chi connectivity index (χ0n) is 16.7. The average Bonchev–Trinajstić information content (AvgIpc) is 3.22. The first-order valence-corrected chi connectivity index (χ1v) is 10.5. The summed E-state index contributed by atoms with van der Waals surface area (Å²) >= 11 is 1.36. The van der Waals surface area contributed by atoms with Crippen LogP contribution < -0.4 is 5.32 Å². The minimum absolute atomic E-state index is 0.0792. The van der Waals surface area contributed by atoms with Gasteiger partial charge in [-0.25, -0.2) is 0 Å². The second kappa shape index (κ2) is 10.5. The maximum Gasteiger partial charge on any atom is 0.310 e. The van der Waals surface area contributed by atoms with Crippen LogP contribution in [0.4, 0.5) is 0 Å². The highest BCUT2D eigenvalue weighted by Crippen LogP contribution is 2.20. The van der Waals surface area contributed by atoms with Crippen molar-refractivity contribution in [1.29, 1.82) is 0 Å². The van der Waals surface area contributed by atoms with Crippen LogP contribution in [0.3, 0.4) is 0 Å². The van der Waals surface area contributed by atoms with Crippen LogP contribution in [0.15, 0.2) is 66.7 Å². The van der Waals surface area contributed by atoms with Crippen LogP contribution in [0.1, 0.15) is 27.0 Å². The van der Waals surface area contributed by atoms with E-state index in [0.717, 1.165) is 21.6 Å². The number of benzene rings is 2. The van der Waals surface area contributed by atoms with Gasteiger partial charge in [0.05, 0.1) is 11.3 Å². The minimum atomic E-state index is -0.432. The van der Waals surface area contributed by atoms with Gasteiger partial charge in [-0.2, -0.15) is 0 Å². The van der Waals surface area contributed by atoms with Gasteiger partial charge in [0.2, 0.25) is 11.7 Å². The van der Waals surface area contributed by atoms with Crippen LogP contribution in [-0.4, -0.2) is 30.8 Å². The molecule has 0 radical (unpaired) electrons. The first-order valence-electron chi connectivity index (χ1n) is 9.67. The monoisotopic (exact) mass is 421 g/mol. The third-order valence-corrected chi connectivity index (χ3v) is 5.64. The van der Waals surface area contributed by atoms with E-state index in [1.807, 2.05) is 60.7 Å². The molecule has 2 aromatic carbocycles. The Morgan fingerprint density at radius 2 is 1.60 bits per heavy atom. The summed E-state index contributed by atoms with van der Waals surface area (Å²) in [6.07, 6.45) is 0.783. The maximum absolute atomic E-state index is 12.3. The number of carbonyl (C=O) groups is 3. The van der Waals surface area contributed by atoms with E-state index in [4.69, 9.17) is 4.74 Å². The lowest BCUT2D eigenvalue weighted by Crippen LogP contribution is -2.22. The normalized spacial score (nSPS) is 10.4. The predicted molar refractivity (Wildman–Crippen MR) is 118 cm³/mol. The van der Waals surface area contributed by atoms with Crippen LogP contribution in [0, 0.1) is 0 Å². The largest absolute Gasteiger partial charge is 0.457 e. The Labute approximate surface area is 179 Å². The summed E-state index contributed by atoms with van der Waals surface area (Å²) in [5, 5.41) is 2.72. The fraction of sp³-hybridized carbons (Fsp3) is 0.208. The number of rotatable bonds is 9. The Bertz CT molecular complexity index is 1010. The van der Waals surface area contributed by atoms with Gasteiger partial charge in [0.15, 0.2) is 6.61 Å². The molecule has 0 aliphatic carbocycles. The van der Waals surface area contributed by atoms with Gasteiger partial charge in [-0.05, 0) is 35.2 Å². The van der Waals surface area contributed by atoms with E-state index in [1.165, 1.54) is 18.3 Å². The molecule has 0 fully saturated rings.